The third kappa shape index (κ3) is 3.09. The molecule has 1 aliphatic carbocycles. The Hall–Kier alpha value is -0.770. The topological polar surface area (TPSA) is 37.8 Å². The lowest BCUT2D eigenvalue weighted by Crippen LogP contribution is -2.11. The van der Waals surface area contributed by atoms with Crippen molar-refractivity contribution < 1.29 is 0 Å². The van der Waals surface area contributed by atoms with E-state index < -0.39 is 0 Å². The molecule has 15 heavy (non-hydrogen) atoms. The highest BCUT2D eigenvalue weighted by Gasteiger charge is 2.14. The van der Waals surface area contributed by atoms with Gasteiger partial charge in [0, 0.05) is 12.6 Å². The number of aromatic nitrogens is 2. The van der Waals surface area contributed by atoms with Gasteiger partial charge in [0.2, 0.25) is 0 Å². The van der Waals surface area contributed by atoms with Gasteiger partial charge in [-0.25, -0.2) is 9.97 Å². The molecule has 0 unspecified atom stereocenters. The third-order valence-corrected chi connectivity index (χ3v) is 3.54. The van der Waals surface area contributed by atoms with Crippen molar-refractivity contribution in [2.24, 2.45) is 5.92 Å². The van der Waals surface area contributed by atoms with Crippen LogP contribution in [-0.4, -0.2) is 22.8 Å². The molecule has 0 aromatic carbocycles. The highest BCUT2D eigenvalue weighted by molar-refractivity contribution is 7.98. The van der Waals surface area contributed by atoms with Gasteiger partial charge in [-0.05, 0) is 25.0 Å². The number of anilines is 1. The van der Waals surface area contributed by atoms with Gasteiger partial charge in [0.15, 0.2) is 0 Å². The minimum Gasteiger partial charge on any atom is -0.370 e. The van der Waals surface area contributed by atoms with Crippen molar-refractivity contribution in [3.05, 3.63) is 12.4 Å². The average Bonchev–Trinajstić information content (AvgIpc) is 2.79. The van der Waals surface area contributed by atoms with E-state index in [1.54, 1.807) is 18.1 Å². The fraction of sp³-hybridized carbons (Fsp3) is 0.636. The van der Waals surface area contributed by atoms with Crippen LogP contribution in [0.3, 0.4) is 0 Å². The van der Waals surface area contributed by atoms with Crippen molar-refractivity contribution in [2.75, 3.05) is 18.1 Å². The molecule has 0 amide bonds. The number of nitrogens with zero attached hydrogens (tertiary/aromatic N) is 2. The van der Waals surface area contributed by atoms with Crippen LogP contribution in [0.1, 0.15) is 25.7 Å². The lowest BCUT2D eigenvalue weighted by Gasteiger charge is -2.10. The molecule has 1 heterocycles. The summed E-state index contributed by atoms with van der Waals surface area (Å²) in [6.45, 7) is 1.06. The first-order valence-corrected chi connectivity index (χ1v) is 6.71. The smallest absolute Gasteiger partial charge is 0.130 e. The summed E-state index contributed by atoms with van der Waals surface area (Å²) >= 11 is 1.65. The molecule has 0 aliphatic heterocycles. The average molecular weight is 223 g/mol. The molecule has 0 radical (unpaired) electrons. The van der Waals surface area contributed by atoms with E-state index in [9.17, 15) is 0 Å². The Kier molecular flexibility index (Phi) is 3.83. The van der Waals surface area contributed by atoms with Crippen molar-refractivity contribution in [3.8, 4) is 0 Å². The first-order valence-electron chi connectivity index (χ1n) is 5.48. The van der Waals surface area contributed by atoms with Gasteiger partial charge in [-0.15, -0.1) is 11.8 Å². The van der Waals surface area contributed by atoms with E-state index in [2.05, 4.69) is 15.3 Å². The normalized spacial score (nSPS) is 16.9. The second kappa shape index (κ2) is 5.35. The van der Waals surface area contributed by atoms with Gasteiger partial charge < -0.3 is 5.32 Å². The van der Waals surface area contributed by atoms with Crippen LogP contribution in [0.15, 0.2) is 17.4 Å². The molecule has 1 N–H and O–H groups in total. The van der Waals surface area contributed by atoms with Crippen LogP contribution in [0.4, 0.5) is 5.82 Å². The predicted octanol–water partition coefficient (Wildman–Crippen LogP) is 2.80. The number of rotatable bonds is 4. The van der Waals surface area contributed by atoms with Gasteiger partial charge in [-0.3, -0.25) is 0 Å². The van der Waals surface area contributed by atoms with Crippen LogP contribution in [0.2, 0.25) is 0 Å². The third-order valence-electron chi connectivity index (χ3n) is 2.90. The zero-order valence-electron chi connectivity index (χ0n) is 9.07. The summed E-state index contributed by atoms with van der Waals surface area (Å²) in [5.74, 6) is 1.80. The molecule has 1 aromatic rings. The number of hydrogen-bond acceptors (Lipinski definition) is 4. The number of nitrogens with one attached hydrogen (secondary N) is 1. The standard InChI is InChI=1S/C11H17N3S/c1-15-11-6-10(13-8-14-11)12-7-9-4-2-3-5-9/h6,8-9H,2-5,7H2,1H3,(H,12,13,14). The summed E-state index contributed by atoms with van der Waals surface area (Å²) in [5, 5.41) is 4.42. The minimum atomic E-state index is 0.845. The molecular weight excluding hydrogens is 206 g/mol. The molecule has 0 spiro atoms. The van der Waals surface area contributed by atoms with Crippen LogP contribution >= 0.6 is 11.8 Å². The summed E-state index contributed by atoms with van der Waals surface area (Å²) in [6.07, 6.45) is 9.19. The van der Waals surface area contributed by atoms with Gasteiger partial charge in [0.1, 0.15) is 17.2 Å². The fourth-order valence-corrected chi connectivity index (χ4v) is 2.39. The lowest BCUT2D eigenvalue weighted by atomic mass is 10.1. The molecule has 0 atom stereocenters. The monoisotopic (exact) mass is 223 g/mol. The van der Waals surface area contributed by atoms with Gasteiger partial charge in [-0.2, -0.15) is 0 Å². The highest BCUT2D eigenvalue weighted by Crippen LogP contribution is 2.24. The zero-order chi connectivity index (χ0) is 10.5. The Labute approximate surface area is 95.1 Å². The molecule has 3 nitrogen and oxygen atoms in total. The van der Waals surface area contributed by atoms with Crippen LogP contribution in [-0.2, 0) is 0 Å². The van der Waals surface area contributed by atoms with E-state index in [0.29, 0.717) is 0 Å². The van der Waals surface area contributed by atoms with E-state index in [1.807, 2.05) is 12.3 Å². The van der Waals surface area contributed by atoms with Gasteiger partial charge in [-0.1, -0.05) is 12.8 Å². The first-order chi connectivity index (χ1) is 7.38. The maximum Gasteiger partial charge on any atom is 0.130 e. The molecule has 0 bridgehead atoms. The Morgan fingerprint density at radius 2 is 2.20 bits per heavy atom. The van der Waals surface area contributed by atoms with Crippen molar-refractivity contribution in [2.45, 2.75) is 30.7 Å². The lowest BCUT2D eigenvalue weighted by molar-refractivity contribution is 0.578. The number of thioether (sulfide) groups is 1. The Morgan fingerprint density at radius 3 is 2.93 bits per heavy atom. The summed E-state index contributed by atoms with van der Waals surface area (Å²) < 4.78 is 0. The molecule has 2 rings (SSSR count). The quantitative estimate of drug-likeness (QED) is 0.629. The van der Waals surface area contributed by atoms with Crippen molar-refractivity contribution in [3.63, 3.8) is 0 Å². The second-order valence-corrected chi connectivity index (χ2v) is 4.80. The zero-order valence-corrected chi connectivity index (χ0v) is 9.89. The highest BCUT2D eigenvalue weighted by atomic mass is 32.2. The Balaban J connectivity index is 1.86. The van der Waals surface area contributed by atoms with Crippen LogP contribution in [0.5, 0.6) is 0 Å². The maximum atomic E-state index is 4.21. The summed E-state index contributed by atoms with van der Waals surface area (Å²) in [4.78, 5) is 8.36. The van der Waals surface area contributed by atoms with Gasteiger partial charge >= 0.3 is 0 Å². The summed E-state index contributed by atoms with van der Waals surface area (Å²) in [7, 11) is 0. The van der Waals surface area contributed by atoms with Crippen molar-refractivity contribution >= 4 is 17.6 Å². The largest absolute Gasteiger partial charge is 0.370 e. The summed E-state index contributed by atoms with van der Waals surface area (Å²) in [6, 6.07) is 2.01. The van der Waals surface area contributed by atoms with Gasteiger partial charge in [0.25, 0.3) is 0 Å². The molecule has 1 aliphatic rings. The van der Waals surface area contributed by atoms with Gasteiger partial charge in [0.05, 0.1) is 0 Å². The second-order valence-electron chi connectivity index (χ2n) is 3.98. The van der Waals surface area contributed by atoms with E-state index >= 15 is 0 Å². The van der Waals surface area contributed by atoms with Crippen LogP contribution < -0.4 is 5.32 Å². The SMILES string of the molecule is CSc1cc(NCC2CCCC2)ncn1. The molecule has 1 fully saturated rings. The van der Waals surface area contributed by atoms with E-state index in [1.165, 1.54) is 25.7 Å². The molecule has 1 aromatic heterocycles. The van der Waals surface area contributed by atoms with Crippen LogP contribution in [0.25, 0.3) is 0 Å². The van der Waals surface area contributed by atoms with Crippen molar-refractivity contribution in [1.29, 1.82) is 0 Å². The molecule has 0 saturated heterocycles. The predicted molar refractivity (Wildman–Crippen MR) is 64.3 cm³/mol. The molecule has 1 saturated carbocycles. The maximum absolute atomic E-state index is 4.21. The molecular formula is C11H17N3S. The van der Waals surface area contributed by atoms with E-state index in [-0.39, 0.29) is 0 Å². The molecule has 4 heteroatoms. The Bertz CT molecular complexity index is 310. The fourth-order valence-electron chi connectivity index (χ4n) is 2.01. The van der Waals surface area contributed by atoms with E-state index in [0.717, 1.165) is 23.3 Å². The number of hydrogen-bond donors (Lipinski definition) is 1. The first kappa shape index (κ1) is 10.7. The Morgan fingerprint density at radius 1 is 1.40 bits per heavy atom. The van der Waals surface area contributed by atoms with E-state index in [4.69, 9.17) is 0 Å². The minimum absolute atomic E-state index is 0.845. The van der Waals surface area contributed by atoms with Crippen molar-refractivity contribution in [1.82, 2.24) is 9.97 Å². The molecule has 82 valence electrons. The summed E-state index contributed by atoms with van der Waals surface area (Å²) in [5.41, 5.74) is 0. The van der Waals surface area contributed by atoms with Crippen LogP contribution in [0, 0.1) is 5.92 Å².